The van der Waals surface area contributed by atoms with Gasteiger partial charge >= 0.3 is 0 Å². The predicted octanol–water partition coefficient (Wildman–Crippen LogP) is 0.490. The van der Waals surface area contributed by atoms with Gasteiger partial charge in [0.25, 0.3) is 0 Å². The second-order valence-corrected chi connectivity index (χ2v) is 4.05. The molecule has 3 rings (SSSR count). The topological polar surface area (TPSA) is 39.1 Å². The maximum atomic E-state index is 5.17. The highest BCUT2D eigenvalue weighted by atomic mass is 16.5. The largest absolute Gasteiger partial charge is 0.377 e. The highest BCUT2D eigenvalue weighted by Gasteiger charge is 2.23. The fourth-order valence-corrected chi connectivity index (χ4v) is 1.99. The molecule has 0 unspecified atom stereocenters. The molecule has 1 saturated heterocycles. The third-order valence-electron chi connectivity index (χ3n) is 2.97. The summed E-state index contributed by atoms with van der Waals surface area (Å²) < 4.78 is 7.25. The maximum Gasteiger partial charge on any atom is 0.0985 e. The van der Waals surface area contributed by atoms with Crippen LogP contribution >= 0.6 is 0 Å². The van der Waals surface area contributed by atoms with E-state index in [9.17, 15) is 0 Å². The summed E-state index contributed by atoms with van der Waals surface area (Å²) in [5.41, 5.74) is 2.65. The molecule has 0 radical (unpaired) electrons. The van der Waals surface area contributed by atoms with Crippen molar-refractivity contribution in [1.29, 1.82) is 0 Å². The molecular weight excluding hydrogens is 178 g/mol. The molecule has 0 spiro atoms. The van der Waals surface area contributed by atoms with Crippen LogP contribution in [0.3, 0.4) is 0 Å². The van der Waals surface area contributed by atoms with Crippen molar-refractivity contribution in [3.63, 3.8) is 0 Å². The molecule has 0 aromatic carbocycles. The van der Waals surface area contributed by atoms with Crippen molar-refractivity contribution >= 4 is 0 Å². The van der Waals surface area contributed by atoms with Crippen molar-refractivity contribution in [2.75, 3.05) is 19.8 Å². The van der Waals surface area contributed by atoms with Crippen LogP contribution in [0.15, 0.2) is 6.20 Å². The number of fused-ring (bicyclic) bond motifs is 1. The van der Waals surface area contributed by atoms with E-state index >= 15 is 0 Å². The highest BCUT2D eigenvalue weighted by Crippen LogP contribution is 2.20. The van der Waals surface area contributed by atoms with Crippen molar-refractivity contribution in [1.82, 2.24) is 15.1 Å². The Morgan fingerprint density at radius 3 is 3.21 bits per heavy atom. The van der Waals surface area contributed by atoms with E-state index in [1.807, 2.05) is 0 Å². The average molecular weight is 193 g/mol. The molecule has 1 fully saturated rings. The Bertz CT molecular complexity index is 307. The Morgan fingerprint density at radius 1 is 1.50 bits per heavy atom. The fraction of sp³-hybridized carbons (Fsp3) is 0.700. The number of aromatic nitrogens is 2. The Balaban J connectivity index is 1.86. The summed E-state index contributed by atoms with van der Waals surface area (Å²) in [5.74, 6) is 0. The first kappa shape index (κ1) is 8.44. The third-order valence-corrected chi connectivity index (χ3v) is 2.97. The normalized spacial score (nSPS) is 22.6. The number of aryl methyl sites for hydroxylation is 1. The first-order chi connectivity index (χ1) is 6.93. The second-order valence-electron chi connectivity index (χ2n) is 4.05. The minimum atomic E-state index is 0.488. The van der Waals surface area contributed by atoms with Crippen LogP contribution in [0.1, 0.15) is 23.7 Å². The van der Waals surface area contributed by atoms with Crippen LogP contribution in [0.5, 0.6) is 0 Å². The van der Waals surface area contributed by atoms with Crippen molar-refractivity contribution < 1.29 is 4.74 Å². The Labute approximate surface area is 83.2 Å². The van der Waals surface area contributed by atoms with Gasteiger partial charge in [0.2, 0.25) is 0 Å². The monoisotopic (exact) mass is 193 g/mol. The lowest BCUT2D eigenvalue weighted by Gasteiger charge is -2.26. The Morgan fingerprint density at radius 2 is 2.43 bits per heavy atom. The average Bonchev–Trinajstić information content (AvgIpc) is 2.34. The number of hydrogen-bond acceptors (Lipinski definition) is 3. The summed E-state index contributed by atoms with van der Waals surface area (Å²) in [4.78, 5) is 0. The van der Waals surface area contributed by atoms with E-state index in [1.54, 1.807) is 0 Å². The molecule has 1 aromatic rings. The van der Waals surface area contributed by atoms with Gasteiger partial charge in [-0.3, -0.25) is 4.68 Å². The molecule has 4 heteroatoms. The van der Waals surface area contributed by atoms with Gasteiger partial charge in [0.1, 0.15) is 0 Å². The Hall–Kier alpha value is -0.870. The van der Waals surface area contributed by atoms with Gasteiger partial charge < -0.3 is 10.1 Å². The molecule has 14 heavy (non-hydrogen) atoms. The molecule has 0 saturated carbocycles. The molecule has 0 atom stereocenters. The first-order valence-corrected chi connectivity index (χ1v) is 5.29. The molecule has 1 aromatic heterocycles. The summed E-state index contributed by atoms with van der Waals surface area (Å²) in [6.45, 7) is 3.74. The van der Waals surface area contributed by atoms with E-state index < -0.39 is 0 Å². The number of ether oxygens (including phenoxy) is 1. The summed E-state index contributed by atoms with van der Waals surface area (Å²) in [5, 5.41) is 8.04. The van der Waals surface area contributed by atoms with Gasteiger partial charge in [-0.1, -0.05) is 0 Å². The number of hydrogen-bond donors (Lipinski definition) is 1. The lowest BCUT2D eigenvalue weighted by atomic mass is 10.2. The van der Waals surface area contributed by atoms with Crippen molar-refractivity contribution in [3.8, 4) is 0 Å². The van der Waals surface area contributed by atoms with E-state index in [4.69, 9.17) is 4.74 Å². The molecule has 3 heterocycles. The summed E-state index contributed by atoms with van der Waals surface area (Å²) in [7, 11) is 0. The summed E-state index contributed by atoms with van der Waals surface area (Å²) in [6.07, 6.45) is 4.49. The third kappa shape index (κ3) is 1.35. The van der Waals surface area contributed by atoms with Gasteiger partial charge in [0.15, 0.2) is 0 Å². The van der Waals surface area contributed by atoms with Crippen LogP contribution < -0.4 is 5.32 Å². The van der Waals surface area contributed by atoms with Crippen molar-refractivity contribution in [2.24, 2.45) is 0 Å². The zero-order valence-electron chi connectivity index (χ0n) is 8.20. The first-order valence-electron chi connectivity index (χ1n) is 5.29. The summed E-state index contributed by atoms with van der Waals surface area (Å²) in [6, 6.07) is 0.488. The second kappa shape index (κ2) is 3.37. The highest BCUT2D eigenvalue weighted by molar-refractivity contribution is 5.18. The smallest absolute Gasteiger partial charge is 0.0985 e. The minimum absolute atomic E-state index is 0.488. The maximum absolute atomic E-state index is 5.17. The lowest BCUT2D eigenvalue weighted by molar-refractivity contribution is -0.0288. The molecule has 0 bridgehead atoms. The van der Waals surface area contributed by atoms with Gasteiger partial charge in [-0.15, -0.1) is 0 Å². The molecule has 76 valence electrons. The predicted molar refractivity (Wildman–Crippen MR) is 52.1 cm³/mol. The van der Waals surface area contributed by atoms with Gasteiger partial charge in [-0.2, -0.15) is 5.10 Å². The zero-order chi connectivity index (χ0) is 9.38. The Kier molecular flexibility index (Phi) is 2.03. The van der Waals surface area contributed by atoms with Gasteiger partial charge in [-0.25, -0.2) is 0 Å². The van der Waals surface area contributed by atoms with E-state index in [0.29, 0.717) is 6.04 Å². The summed E-state index contributed by atoms with van der Waals surface area (Å²) >= 11 is 0. The quantitative estimate of drug-likeness (QED) is 0.705. The van der Waals surface area contributed by atoms with Gasteiger partial charge in [0.05, 0.1) is 24.9 Å². The SMILES string of the molecule is c1c2c(nn1C1COC1)CCCNC2. The van der Waals surface area contributed by atoms with E-state index in [-0.39, 0.29) is 0 Å². The molecular formula is C10H15N3O. The molecule has 2 aliphatic rings. The van der Waals surface area contributed by atoms with E-state index in [0.717, 1.165) is 32.7 Å². The standard InChI is InChI=1S/C10H15N3O/c1-2-10-8(4-11-3-1)5-13(12-10)9-6-14-7-9/h5,9,11H,1-4,6-7H2. The van der Waals surface area contributed by atoms with Gasteiger partial charge in [-0.05, 0) is 19.4 Å². The number of rotatable bonds is 1. The molecule has 0 amide bonds. The van der Waals surface area contributed by atoms with Crippen LogP contribution in [0, 0.1) is 0 Å². The zero-order valence-corrected chi connectivity index (χ0v) is 8.20. The number of nitrogens with one attached hydrogen (secondary N) is 1. The van der Waals surface area contributed by atoms with Crippen LogP contribution in [0.4, 0.5) is 0 Å². The lowest BCUT2D eigenvalue weighted by Crippen LogP contribution is -2.31. The van der Waals surface area contributed by atoms with Crippen LogP contribution in [0.2, 0.25) is 0 Å². The van der Waals surface area contributed by atoms with Crippen molar-refractivity contribution in [3.05, 3.63) is 17.5 Å². The van der Waals surface area contributed by atoms with Crippen LogP contribution in [-0.4, -0.2) is 29.5 Å². The molecule has 2 aliphatic heterocycles. The van der Waals surface area contributed by atoms with E-state index in [2.05, 4.69) is 21.3 Å². The van der Waals surface area contributed by atoms with Crippen LogP contribution in [0.25, 0.3) is 0 Å². The molecule has 4 nitrogen and oxygen atoms in total. The molecule has 0 aliphatic carbocycles. The van der Waals surface area contributed by atoms with E-state index in [1.165, 1.54) is 17.7 Å². The fourth-order valence-electron chi connectivity index (χ4n) is 1.99. The van der Waals surface area contributed by atoms with Crippen molar-refractivity contribution in [2.45, 2.75) is 25.4 Å². The molecule has 1 N–H and O–H groups in total. The minimum Gasteiger partial charge on any atom is -0.377 e. The van der Waals surface area contributed by atoms with Gasteiger partial charge in [0, 0.05) is 18.3 Å². The number of nitrogens with zero attached hydrogens (tertiary/aromatic N) is 2. The van der Waals surface area contributed by atoms with Crippen LogP contribution in [-0.2, 0) is 17.7 Å².